The van der Waals surface area contributed by atoms with Crippen molar-refractivity contribution >= 4 is 15.9 Å². The Hall–Kier alpha value is -2.19. The summed E-state index contributed by atoms with van der Waals surface area (Å²) in [6, 6.07) is 9.55. The number of aromatic nitrogens is 1. The second kappa shape index (κ2) is 6.74. The maximum Gasteiger partial charge on any atom is 0.262 e. The van der Waals surface area contributed by atoms with Crippen LogP contribution < -0.4 is 4.72 Å². The molecule has 0 unspecified atom stereocenters. The zero-order valence-corrected chi connectivity index (χ0v) is 14.0. The number of hydrogen-bond donors (Lipinski definition) is 1. The van der Waals surface area contributed by atoms with Crippen molar-refractivity contribution in [2.75, 3.05) is 0 Å². The van der Waals surface area contributed by atoms with Crippen LogP contribution in [0.4, 0.5) is 0 Å². The third kappa shape index (κ3) is 3.82. The molecule has 0 spiro atoms. The molecule has 24 heavy (non-hydrogen) atoms. The number of hydrogen-bond acceptors (Lipinski definition) is 6. The van der Waals surface area contributed by atoms with E-state index in [4.69, 9.17) is 9.15 Å². The van der Waals surface area contributed by atoms with Crippen molar-refractivity contribution in [3.8, 4) is 0 Å². The minimum atomic E-state index is -3.85. The molecule has 1 aromatic carbocycles. The Morgan fingerprint density at radius 1 is 1.29 bits per heavy atom. The highest BCUT2D eigenvalue weighted by atomic mass is 32.2. The van der Waals surface area contributed by atoms with E-state index in [0.717, 1.165) is 5.56 Å². The van der Waals surface area contributed by atoms with Gasteiger partial charge in [0, 0.05) is 0 Å². The van der Waals surface area contributed by atoms with Gasteiger partial charge in [-0.05, 0) is 25.3 Å². The van der Waals surface area contributed by atoms with E-state index >= 15 is 0 Å². The molecule has 7 nitrogen and oxygen atoms in total. The average Bonchev–Trinajstić information content (AvgIpc) is 3.17. The number of carbonyl (C=O) groups is 1. The molecule has 128 valence electrons. The van der Waals surface area contributed by atoms with Gasteiger partial charge in [-0.25, -0.2) is 13.4 Å². The molecule has 0 saturated carbocycles. The van der Waals surface area contributed by atoms with Gasteiger partial charge in [0.15, 0.2) is 6.39 Å². The van der Waals surface area contributed by atoms with Crippen LogP contribution in [0.25, 0.3) is 0 Å². The number of sulfonamides is 1. The zero-order valence-electron chi connectivity index (χ0n) is 13.1. The number of amides is 1. The van der Waals surface area contributed by atoms with E-state index in [1.54, 1.807) is 6.92 Å². The van der Waals surface area contributed by atoms with E-state index < -0.39 is 27.8 Å². The number of rotatable bonds is 5. The standard InChI is InChI=1S/C16H18N2O5S/c1-11-13(17-10-22-11)9-24(20,21)18-16(19)15-8-7-14(23-15)12-5-3-2-4-6-12/h2-6,10,14-15H,7-9H2,1H3,(H,18,19)/t14-,15+/m0/s1. The molecule has 1 amide bonds. The molecule has 2 atom stereocenters. The number of aryl methyl sites for hydroxylation is 1. The van der Waals surface area contributed by atoms with Crippen molar-refractivity contribution < 1.29 is 22.4 Å². The summed E-state index contributed by atoms with van der Waals surface area (Å²) >= 11 is 0. The first-order valence-electron chi connectivity index (χ1n) is 7.58. The third-order valence-electron chi connectivity index (χ3n) is 3.91. The van der Waals surface area contributed by atoms with Gasteiger partial charge in [0.2, 0.25) is 10.0 Å². The first-order valence-corrected chi connectivity index (χ1v) is 9.23. The molecule has 1 aromatic heterocycles. The van der Waals surface area contributed by atoms with Crippen LogP contribution in [0.3, 0.4) is 0 Å². The summed E-state index contributed by atoms with van der Waals surface area (Å²) in [5.74, 6) is -0.640. The van der Waals surface area contributed by atoms with Crippen molar-refractivity contribution in [2.45, 2.75) is 37.7 Å². The quantitative estimate of drug-likeness (QED) is 0.883. The van der Waals surface area contributed by atoms with Crippen LogP contribution in [0.5, 0.6) is 0 Å². The van der Waals surface area contributed by atoms with Crippen LogP contribution in [0.15, 0.2) is 41.1 Å². The van der Waals surface area contributed by atoms with Gasteiger partial charge in [0.25, 0.3) is 5.91 Å². The smallest absolute Gasteiger partial charge is 0.262 e. The fraction of sp³-hybridized carbons (Fsp3) is 0.375. The minimum Gasteiger partial charge on any atom is -0.448 e. The molecule has 2 aromatic rings. The van der Waals surface area contributed by atoms with Crippen LogP contribution >= 0.6 is 0 Å². The molecule has 2 heterocycles. The number of nitrogens with zero attached hydrogens (tertiary/aromatic N) is 1. The van der Waals surface area contributed by atoms with Crippen molar-refractivity contribution in [3.63, 3.8) is 0 Å². The van der Waals surface area contributed by atoms with Gasteiger partial charge in [0.05, 0.1) is 11.8 Å². The number of nitrogens with one attached hydrogen (secondary N) is 1. The summed E-state index contributed by atoms with van der Waals surface area (Å²) in [5, 5.41) is 0. The van der Waals surface area contributed by atoms with Gasteiger partial charge in [-0.3, -0.25) is 9.52 Å². The molecule has 1 N–H and O–H groups in total. The van der Waals surface area contributed by atoms with Gasteiger partial charge < -0.3 is 9.15 Å². The van der Waals surface area contributed by atoms with Gasteiger partial charge in [-0.15, -0.1) is 0 Å². The molecule has 0 aliphatic carbocycles. The summed E-state index contributed by atoms with van der Waals surface area (Å²) in [6.45, 7) is 1.62. The molecule has 1 saturated heterocycles. The molecule has 1 fully saturated rings. The number of benzene rings is 1. The summed E-state index contributed by atoms with van der Waals surface area (Å²) in [6.07, 6.45) is 1.35. The normalized spacial score (nSPS) is 20.9. The first kappa shape index (κ1) is 16.7. The van der Waals surface area contributed by atoms with E-state index in [0.29, 0.717) is 18.6 Å². The van der Waals surface area contributed by atoms with Crippen molar-refractivity contribution in [1.29, 1.82) is 0 Å². The average molecular weight is 350 g/mol. The van der Waals surface area contributed by atoms with Crippen molar-refractivity contribution in [1.82, 2.24) is 9.71 Å². The van der Waals surface area contributed by atoms with Gasteiger partial charge in [-0.2, -0.15) is 0 Å². The largest absolute Gasteiger partial charge is 0.448 e. The van der Waals surface area contributed by atoms with E-state index in [1.165, 1.54) is 6.39 Å². The van der Waals surface area contributed by atoms with Crippen LogP contribution in [-0.2, 0) is 25.3 Å². The van der Waals surface area contributed by atoms with E-state index in [1.807, 2.05) is 30.3 Å². The molecule has 1 aliphatic heterocycles. The third-order valence-corrected chi connectivity index (χ3v) is 5.08. The lowest BCUT2D eigenvalue weighted by Crippen LogP contribution is -2.39. The fourth-order valence-electron chi connectivity index (χ4n) is 2.64. The Labute approximate surface area is 140 Å². The zero-order chi connectivity index (χ0) is 17.2. The highest BCUT2D eigenvalue weighted by molar-refractivity contribution is 7.89. The predicted molar refractivity (Wildman–Crippen MR) is 85.3 cm³/mol. The number of oxazole rings is 1. The summed E-state index contributed by atoms with van der Waals surface area (Å²) < 4.78 is 36.9. The Bertz CT molecular complexity index is 816. The van der Waals surface area contributed by atoms with Crippen molar-refractivity contribution in [2.24, 2.45) is 0 Å². The lowest BCUT2D eigenvalue weighted by Gasteiger charge is -2.14. The maximum absolute atomic E-state index is 12.2. The van der Waals surface area contributed by atoms with Crippen LogP contribution in [0.1, 0.15) is 36.0 Å². The lowest BCUT2D eigenvalue weighted by molar-refractivity contribution is -0.130. The fourth-order valence-corrected chi connectivity index (χ4v) is 3.79. The second-order valence-corrected chi connectivity index (χ2v) is 7.40. The molecular formula is C16H18N2O5S. The Kier molecular flexibility index (Phi) is 4.68. The van der Waals surface area contributed by atoms with Gasteiger partial charge in [-0.1, -0.05) is 30.3 Å². The van der Waals surface area contributed by atoms with Gasteiger partial charge in [0.1, 0.15) is 17.6 Å². The van der Waals surface area contributed by atoms with Crippen molar-refractivity contribution in [3.05, 3.63) is 53.7 Å². The van der Waals surface area contributed by atoms with E-state index in [9.17, 15) is 13.2 Å². The Balaban J connectivity index is 1.60. The van der Waals surface area contributed by atoms with E-state index in [2.05, 4.69) is 9.71 Å². The maximum atomic E-state index is 12.2. The van der Waals surface area contributed by atoms with Gasteiger partial charge >= 0.3 is 0 Å². The van der Waals surface area contributed by atoms with Crippen LogP contribution in [0.2, 0.25) is 0 Å². The minimum absolute atomic E-state index is 0.192. The first-order chi connectivity index (χ1) is 11.4. The number of carbonyl (C=O) groups excluding carboxylic acids is 1. The summed E-state index contributed by atoms with van der Waals surface area (Å²) in [4.78, 5) is 16.0. The predicted octanol–water partition coefficient (Wildman–Crippen LogP) is 1.85. The molecule has 8 heteroatoms. The number of ether oxygens (including phenoxy) is 1. The highest BCUT2D eigenvalue weighted by Gasteiger charge is 2.33. The molecular weight excluding hydrogens is 332 g/mol. The topological polar surface area (TPSA) is 98.5 Å². The molecule has 0 radical (unpaired) electrons. The summed E-state index contributed by atoms with van der Waals surface area (Å²) in [5.41, 5.74) is 1.26. The highest BCUT2D eigenvalue weighted by Crippen LogP contribution is 2.32. The monoisotopic (exact) mass is 350 g/mol. The molecule has 0 bridgehead atoms. The van der Waals surface area contributed by atoms with E-state index in [-0.39, 0.29) is 11.8 Å². The molecule has 1 aliphatic rings. The Morgan fingerprint density at radius 3 is 2.71 bits per heavy atom. The molecule has 3 rings (SSSR count). The lowest BCUT2D eigenvalue weighted by atomic mass is 10.1. The second-order valence-electron chi connectivity index (χ2n) is 5.68. The summed E-state index contributed by atoms with van der Waals surface area (Å²) in [7, 11) is -3.85. The Morgan fingerprint density at radius 2 is 2.04 bits per heavy atom. The SMILES string of the molecule is Cc1ocnc1CS(=O)(=O)NC(=O)[C@H]1CC[C@@H](c2ccccc2)O1. The van der Waals surface area contributed by atoms with Crippen LogP contribution in [0, 0.1) is 6.92 Å². The van der Waals surface area contributed by atoms with Crippen LogP contribution in [-0.4, -0.2) is 25.4 Å².